The van der Waals surface area contributed by atoms with Gasteiger partial charge < -0.3 is 0 Å². The molecule has 2 aromatic carbocycles. The Labute approximate surface area is 115 Å². The summed E-state index contributed by atoms with van der Waals surface area (Å²) in [5.41, 5.74) is 5.10. The van der Waals surface area contributed by atoms with Crippen molar-refractivity contribution in [1.82, 2.24) is 0 Å². The second kappa shape index (κ2) is 4.36. The van der Waals surface area contributed by atoms with Crippen LogP contribution in [0.4, 0.5) is 0 Å². The number of carbonyl (C=O) groups excluding carboxylic acids is 1. The van der Waals surface area contributed by atoms with Crippen molar-refractivity contribution >= 4 is 21.7 Å². The van der Waals surface area contributed by atoms with Gasteiger partial charge in [-0.25, -0.2) is 0 Å². The van der Waals surface area contributed by atoms with Crippen LogP contribution >= 0.6 is 15.9 Å². The van der Waals surface area contributed by atoms with Gasteiger partial charge in [-0.05, 0) is 24.5 Å². The van der Waals surface area contributed by atoms with Crippen molar-refractivity contribution in [3.8, 4) is 0 Å². The fraction of sp³-hybridized carbons (Fsp3) is 0.188. The maximum Gasteiger partial charge on any atom is 0.193 e. The minimum absolute atomic E-state index is 0.141. The van der Waals surface area contributed by atoms with Crippen LogP contribution in [0, 0.1) is 6.92 Å². The molecule has 0 spiro atoms. The molecule has 1 atom stereocenters. The van der Waals surface area contributed by atoms with Crippen molar-refractivity contribution in [3.63, 3.8) is 0 Å². The molecule has 1 aliphatic rings. The van der Waals surface area contributed by atoms with Crippen molar-refractivity contribution in [2.24, 2.45) is 0 Å². The first kappa shape index (κ1) is 11.7. The van der Waals surface area contributed by atoms with E-state index in [4.69, 9.17) is 0 Å². The summed E-state index contributed by atoms with van der Waals surface area (Å²) in [7, 11) is 0. The van der Waals surface area contributed by atoms with E-state index in [1.54, 1.807) is 0 Å². The number of aryl methyl sites for hydroxylation is 1. The molecule has 1 nitrogen and oxygen atoms in total. The molecule has 0 aromatic heterocycles. The largest absolute Gasteiger partial charge is 0.289 e. The molecular weight excluding hydrogens is 288 g/mol. The van der Waals surface area contributed by atoms with Crippen LogP contribution in [0.25, 0.3) is 0 Å². The lowest BCUT2D eigenvalue weighted by molar-refractivity contribution is 0.103. The van der Waals surface area contributed by atoms with Gasteiger partial charge in [-0.1, -0.05) is 64.0 Å². The number of ketones is 1. The third-order valence-corrected chi connectivity index (χ3v) is 4.26. The van der Waals surface area contributed by atoms with Gasteiger partial charge in [0.15, 0.2) is 5.78 Å². The van der Waals surface area contributed by atoms with Crippen LogP contribution in [0.1, 0.15) is 37.4 Å². The minimum atomic E-state index is 0.141. The lowest BCUT2D eigenvalue weighted by Gasteiger charge is -2.09. The third kappa shape index (κ3) is 1.81. The van der Waals surface area contributed by atoms with Gasteiger partial charge in [0.05, 0.1) is 0 Å². The Balaban J connectivity index is 2.25. The molecule has 18 heavy (non-hydrogen) atoms. The van der Waals surface area contributed by atoms with E-state index in [0.717, 1.165) is 28.7 Å². The van der Waals surface area contributed by atoms with Gasteiger partial charge in [-0.15, -0.1) is 0 Å². The maximum absolute atomic E-state index is 12.6. The Morgan fingerprint density at radius 2 is 1.89 bits per heavy atom. The number of benzene rings is 2. The predicted octanol–water partition coefficient (Wildman–Crippen LogP) is 4.22. The van der Waals surface area contributed by atoms with Crippen LogP contribution in [-0.4, -0.2) is 5.78 Å². The smallest absolute Gasteiger partial charge is 0.193 e. The summed E-state index contributed by atoms with van der Waals surface area (Å²) in [4.78, 5) is 12.8. The first-order valence-electron chi connectivity index (χ1n) is 6.04. The molecule has 2 aromatic rings. The molecule has 0 amide bonds. The Kier molecular flexibility index (Phi) is 2.83. The van der Waals surface area contributed by atoms with Crippen LogP contribution in [0.5, 0.6) is 0 Å². The van der Waals surface area contributed by atoms with Crippen LogP contribution in [0.15, 0.2) is 42.5 Å². The van der Waals surface area contributed by atoms with Crippen molar-refractivity contribution in [2.45, 2.75) is 18.2 Å². The zero-order valence-electron chi connectivity index (χ0n) is 10.1. The van der Waals surface area contributed by atoms with E-state index in [9.17, 15) is 4.79 Å². The first-order chi connectivity index (χ1) is 8.66. The highest BCUT2D eigenvalue weighted by atomic mass is 79.9. The zero-order chi connectivity index (χ0) is 12.7. The van der Waals surface area contributed by atoms with Gasteiger partial charge in [-0.2, -0.15) is 0 Å². The topological polar surface area (TPSA) is 17.1 Å². The first-order valence-corrected chi connectivity index (χ1v) is 6.95. The molecule has 90 valence electrons. The summed E-state index contributed by atoms with van der Waals surface area (Å²) in [6.45, 7) is 2.06. The van der Waals surface area contributed by atoms with Gasteiger partial charge >= 0.3 is 0 Å². The standard InChI is InChI=1S/C16H13BrO/c1-10-6-7-12-11(8-10)9-15(17)13-4-2-3-5-14(13)16(12)18/h2-8,15H,9H2,1H3. The van der Waals surface area contributed by atoms with Crippen LogP contribution in [0.2, 0.25) is 0 Å². The van der Waals surface area contributed by atoms with E-state index in [2.05, 4.69) is 28.9 Å². The lowest BCUT2D eigenvalue weighted by Crippen LogP contribution is -2.04. The van der Waals surface area contributed by atoms with E-state index < -0.39 is 0 Å². The molecule has 0 heterocycles. The number of halogens is 1. The second-order valence-electron chi connectivity index (χ2n) is 4.75. The van der Waals surface area contributed by atoms with Gasteiger partial charge in [-0.3, -0.25) is 4.79 Å². The summed E-state index contributed by atoms with van der Waals surface area (Å²) in [5, 5.41) is 0. The Hall–Kier alpha value is -1.41. The minimum Gasteiger partial charge on any atom is -0.289 e. The molecule has 0 radical (unpaired) electrons. The lowest BCUT2D eigenvalue weighted by atomic mass is 9.98. The average molecular weight is 301 g/mol. The van der Waals surface area contributed by atoms with Crippen molar-refractivity contribution < 1.29 is 4.79 Å². The number of rotatable bonds is 0. The number of alkyl halides is 1. The monoisotopic (exact) mass is 300 g/mol. The molecule has 0 fully saturated rings. The number of carbonyl (C=O) groups is 1. The summed E-state index contributed by atoms with van der Waals surface area (Å²) >= 11 is 3.71. The van der Waals surface area contributed by atoms with Crippen molar-refractivity contribution in [2.75, 3.05) is 0 Å². The Morgan fingerprint density at radius 1 is 1.11 bits per heavy atom. The molecule has 0 bridgehead atoms. The highest BCUT2D eigenvalue weighted by molar-refractivity contribution is 9.09. The molecule has 0 aliphatic heterocycles. The third-order valence-electron chi connectivity index (χ3n) is 3.45. The second-order valence-corrected chi connectivity index (χ2v) is 5.85. The van der Waals surface area contributed by atoms with Crippen LogP contribution < -0.4 is 0 Å². The molecule has 1 aliphatic carbocycles. The van der Waals surface area contributed by atoms with Crippen molar-refractivity contribution in [3.05, 3.63) is 70.3 Å². The summed E-state index contributed by atoms with van der Waals surface area (Å²) in [6.07, 6.45) is 0.861. The predicted molar refractivity (Wildman–Crippen MR) is 76.4 cm³/mol. The quantitative estimate of drug-likeness (QED) is 0.666. The Bertz CT molecular complexity index is 631. The van der Waals surface area contributed by atoms with E-state index in [1.807, 2.05) is 36.4 Å². The summed E-state index contributed by atoms with van der Waals surface area (Å²) in [5.74, 6) is 0.141. The van der Waals surface area contributed by atoms with E-state index >= 15 is 0 Å². The van der Waals surface area contributed by atoms with Gasteiger partial charge in [0.25, 0.3) is 0 Å². The van der Waals surface area contributed by atoms with Gasteiger partial charge in [0.1, 0.15) is 0 Å². The fourth-order valence-electron chi connectivity index (χ4n) is 2.54. The Morgan fingerprint density at radius 3 is 2.72 bits per heavy atom. The molecule has 1 unspecified atom stereocenters. The van der Waals surface area contributed by atoms with E-state index in [1.165, 1.54) is 5.56 Å². The zero-order valence-corrected chi connectivity index (χ0v) is 11.7. The maximum atomic E-state index is 12.6. The van der Waals surface area contributed by atoms with Gasteiger partial charge in [0, 0.05) is 16.0 Å². The molecule has 2 heteroatoms. The van der Waals surface area contributed by atoms with E-state index in [-0.39, 0.29) is 10.6 Å². The van der Waals surface area contributed by atoms with E-state index in [0.29, 0.717) is 0 Å². The van der Waals surface area contributed by atoms with Crippen molar-refractivity contribution in [1.29, 1.82) is 0 Å². The SMILES string of the molecule is Cc1ccc2c(c1)CC(Br)c1ccccc1C2=O. The van der Waals surface area contributed by atoms with Crippen LogP contribution in [-0.2, 0) is 6.42 Å². The molecule has 0 N–H and O–H groups in total. The number of hydrogen-bond acceptors (Lipinski definition) is 1. The normalized spacial score (nSPS) is 17.9. The molecular formula is C16H13BrO. The van der Waals surface area contributed by atoms with Crippen LogP contribution in [0.3, 0.4) is 0 Å². The summed E-state index contributed by atoms with van der Waals surface area (Å²) < 4.78 is 0. The molecule has 0 saturated heterocycles. The average Bonchev–Trinajstić information content (AvgIpc) is 2.47. The molecule has 0 saturated carbocycles. The fourth-order valence-corrected chi connectivity index (χ4v) is 3.29. The molecule has 3 rings (SSSR count). The number of fused-ring (bicyclic) bond motifs is 2. The number of hydrogen-bond donors (Lipinski definition) is 0. The van der Waals surface area contributed by atoms with Gasteiger partial charge in [0.2, 0.25) is 0 Å². The highest BCUT2D eigenvalue weighted by Crippen LogP contribution is 2.35. The highest BCUT2D eigenvalue weighted by Gasteiger charge is 2.25. The summed E-state index contributed by atoms with van der Waals surface area (Å²) in [6, 6.07) is 13.9.